The molecule has 2 aliphatic carbocycles. The van der Waals surface area contributed by atoms with Crippen LogP contribution in [0, 0.1) is 5.92 Å². The van der Waals surface area contributed by atoms with E-state index in [1.807, 2.05) is 12.1 Å². The minimum Gasteiger partial charge on any atom is -0.389 e. The van der Waals surface area contributed by atoms with E-state index in [0.29, 0.717) is 0 Å². The average Bonchev–Trinajstić information content (AvgIpc) is 3.45. The number of nitrogens with zero attached hydrogens (tertiary/aromatic N) is 2. The lowest BCUT2D eigenvalue weighted by Crippen LogP contribution is -2.51. The molecule has 0 aromatic heterocycles. The van der Waals surface area contributed by atoms with Crippen molar-refractivity contribution in [3.05, 3.63) is 34.9 Å². The normalized spacial score (nSPS) is 24.1. The van der Waals surface area contributed by atoms with Crippen molar-refractivity contribution in [1.29, 1.82) is 0 Å². The highest BCUT2D eigenvalue weighted by Gasteiger charge is 2.40. The predicted molar refractivity (Wildman–Crippen MR) is 122 cm³/mol. The summed E-state index contributed by atoms with van der Waals surface area (Å²) in [4.78, 5) is 5.21. The Hall–Kier alpha value is -0.0300. The molecule has 6 heteroatoms. The summed E-state index contributed by atoms with van der Waals surface area (Å²) in [6, 6.07) is 8.20. The molecule has 1 saturated heterocycles. The van der Waals surface area contributed by atoms with Crippen molar-refractivity contribution in [3.8, 4) is 0 Å². The molecule has 0 amide bonds. The Bertz CT molecular complexity index is 597. The first-order valence-electron chi connectivity index (χ1n) is 10.5. The van der Waals surface area contributed by atoms with E-state index >= 15 is 0 Å². The summed E-state index contributed by atoms with van der Waals surface area (Å²) in [6.45, 7) is 6.86. The first-order valence-corrected chi connectivity index (χ1v) is 10.9. The molecular formula is C22H35Cl3N2O. The van der Waals surface area contributed by atoms with Crippen molar-refractivity contribution in [2.45, 2.75) is 56.5 Å². The van der Waals surface area contributed by atoms with Gasteiger partial charge in [-0.05, 0) is 49.3 Å². The summed E-state index contributed by atoms with van der Waals surface area (Å²) in [5.74, 6) is 1.14. The average molecular weight is 450 g/mol. The zero-order valence-electron chi connectivity index (χ0n) is 16.7. The fourth-order valence-corrected chi connectivity index (χ4v) is 5.10. The van der Waals surface area contributed by atoms with E-state index in [-0.39, 0.29) is 30.7 Å². The van der Waals surface area contributed by atoms with Crippen molar-refractivity contribution in [2.75, 3.05) is 39.3 Å². The van der Waals surface area contributed by atoms with Gasteiger partial charge in [-0.25, -0.2) is 0 Å². The van der Waals surface area contributed by atoms with Crippen molar-refractivity contribution in [2.24, 2.45) is 5.92 Å². The van der Waals surface area contributed by atoms with Crippen LogP contribution in [0.5, 0.6) is 0 Å². The Labute approximate surface area is 187 Å². The van der Waals surface area contributed by atoms with Crippen molar-refractivity contribution in [3.63, 3.8) is 0 Å². The maximum atomic E-state index is 11.5. The first-order chi connectivity index (χ1) is 12.6. The van der Waals surface area contributed by atoms with E-state index < -0.39 is 5.60 Å². The molecule has 1 N–H and O–H groups in total. The quantitative estimate of drug-likeness (QED) is 0.662. The minimum absolute atomic E-state index is 0. The monoisotopic (exact) mass is 448 g/mol. The lowest BCUT2D eigenvalue weighted by Gasteiger charge is -2.43. The van der Waals surface area contributed by atoms with Gasteiger partial charge in [0.25, 0.3) is 0 Å². The SMILES string of the molecule is Cl.Cl.OC1(C(CN2CCN(CC3CC3)CC2)c2cccc(Cl)c2)CCCCC1. The van der Waals surface area contributed by atoms with Crippen LogP contribution in [0.15, 0.2) is 24.3 Å². The van der Waals surface area contributed by atoms with Gasteiger partial charge in [-0.1, -0.05) is 43.0 Å². The predicted octanol–water partition coefficient (Wildman–Crippen LogP) is 4.99. The summed E-state index contributed by atoms with van der Waals surface area (Å²) in [6.07, 6.45) is 8.25. The third kappa shape index (κ3) is 6.23. The zero-order valence-corrected chi connectivity index (χ0v) is 19.1. The standard InChI is InChI=1S/C22H33ClN2O.2ClH/c23-20-6-4-5-19(15-20)21(22(26)9-2-1-3-10-22)17-25-13-11-24(12-14-25)16-18-7-8-18;;/h4-6,15,18,21,26H,1-3,7-14,16-17H2;2*1H. The van der Waals surface area contributed by atoms with E-state index in [9.17, 15) is 5.11 Å². The maximum Gasteiger partial charge on any atom is 0.0728 e. The van der Waals surface area contributed by atoms with E-state index in [4.69, 9.17) is 11.6 Å². The van der Waals surface area contributed by atoms with Crippen LogP contribution >= 0.6 is 36.4 Å². The topological polar surface area (TPSA) is 26.7 Å². The molecule has 1 atom stereocenters. The molecule has 1 aromatic rings. The molecule has 4 rings (SSSR count). The summed E-state index contributed by atoms with van der Waals surface area (Å²) >= 11 is 6.29. The summed E-state index contributed by atoms with van der Waals surface area (Å²) in [5.41, 5.74) is 0.635. The molecule has 1 aliphatic heterocycles. The molecule has 3 aliphatic rings. The van der Waals surface area contributed by atoms with Crippen LogP contribution < -0.4 is 0 Å². The zero-order chi connectivity index (χ0) is 18.0. The summed E-state index contributed by atoms with van der Waals surface area (Å²) in [7, 11) is 0. The number of rotatable bonds is 6. The van der Waals surface area contributed by atoms with Crippen molar-refractivity contribution < 1.29 is 5.11 Å². The minimum atomic E-state index is -0.575. The van der Waals surface area contributed by atoms with Crippen LogP contribution in [-0.2, 0) is 0 Å². The molecule has 3 fully saturated rings. The van der Waals surface area contributed by atoms with Crippen LogP contribution in [0.1, 0.15) is 56.4 Å². The number of piperazine rings is 1. The number of benzene rings is 1. The van der Waals surface area contributed by atoms with Gasteiger partial charge in [-0.15, -0.1) is 24.8 Å². The van der Waals surface area contributed by atoms with Gasteiger partial charge < -0.3 is 14.9 Å². The Morgan fingerprint density at radius 1 is 1.00 bits per heavy atom. The van der Waals surface area contributed by atoms with E-state index in [1.165, 1.54) is 44.5 Å². The molecule has 2 saturated carbocycles. The first kappa shape index (κ1) is 24.2. The third-order valence-electron chi connectivity index (χ3n) is 6.74. The fourth-order valence-electron chi connectivity index (χ4n) is 4.90. The second kappa shape index (κ2) is 10.8. The van der Waals surface area contributed by atoms with Crippen LogP contribution in [-0.4, -0.2) is 59.8 Å². The van der Waals surface area contributed by atoms with Gasteiger partial charge in [-0.2, -0.15) is 0 Å². The second-order valence-corrected chi connectivity index (χ2v) is 9.25. The van der Waals surface area contributed by atoms with Crippen LogP contribution in [0.3, 0.4) is 0 Å². The molecule has 0 bridgehead atoms. The number of halogens is 3. The van der Waals surface area contributed by atoms with Crippen LogP contribution in [0.4, 0.5) is 0 Å². The van der Waals surface area contributed by atoms with Gasteiger partial charge in [-0.3, -0.25) is 0 Å². The van der Waals surface area contributed by atoms with Gasteiger partial charge in [0.1, 0.15) is 0 Å². The highest BCUT2D eigenvalue weighted by atomic mass is 35.5. The number of hydrogen-bond acceptors (Lipinski definition) is 3. The second-order valence-electron chi connectivity index (χ2n) is 8.82. The van der Waals surface area contributed by atoms with Crippen LogP contribution in [0.2, 0.25) is 5.02 Å². The van der Waals surface area contributed by atoms with Crippen LogP contribution in [0.25, 0.3) is 0 Å². The molecule has 1 aromatic carbocycles. The van der Waals surface area contributed by atoms with Crippen molar-refractivity contribution in [1.82, 2.24) is 9.80 Å². The van der Waals surface area contributed by atoms with E-state index in [2.05, 4.69) is 21.9 Å². The van der Waals surface area contributed by atoms with Gasteiger partial charge in [0.2, 0.25) is 0 Å². The highest BCUT2D eigenvalue weighted by molar-refractivity contribution is 6.30. The lowest BCUT2D eigenvalue weighted by atomic mass is 9.72. The molecule has 28 heavy (non-hydrogen) atoms. The molecule has 3 nitrogen and oxygen atoms in total. The Balaban J connectivity index is 0.00000140. The third-order valence-corrected chi connectivity index (χ3v) is 6.97. The maximum absolute atomic E-state index is 11.5. The summed E-state index contributed by atoms with van der Waals surface area (Å²) < 4.78 is 0. The molecule has 1 heterocycles. The molecule has 1 unspecified atom stereocenters. The largest absolute Gasteiger partial charge is 0.389 e. The molecule has 0 radical (unpaired) electrons. The lowest BCUT2D eigenvalue weighted by molar-refractivity contribution is -0.0343. The van der Waals surface area contributed by atoms with E-state index in [0.717, 1.165) is 56.3 Å². The molecule has 0 spiro atoms. The molecule has 160 valence electrons. The smallest absolute Gasteiger partial charge is 0.0728 e. The van der Waals surface area contributed by atoms with E-state index in [1.54, 1.807) is 0 Å². The Morgan fingerprint density at radius 3 is 2.25 bits per heavy atom. The van der Waals surface area contributed by atoms with Gasteiger partial charge in [0.15, 0.2) is 0 Å². The Kier molecular flexibility index (Phi) is 9.38. The highest BCUT2D eigenvalue weighted by Crippen LogP contribution is 2.41. The Morgan fingerprint density at radius 2 is 1.64 bits per heavy atom. The van der Waals surface area contributed by atoms with Gasteiger partial charge in [0, 0.05) is 50.2 Å². The molecular weight excluding hydrogens is 415 g/mol. The number of aliphatic hydroxyl groups is 1. The van der Waals surface area contributed by atoms with Crippen molar-refractivity contribution >= 4 is 36.4 Å². The summed E-state index contributed by atoms with van der Waals surface area (Å²) in [5, 5.41) is 12.3. The fraction of sp³-hybridized carbons (Fsp3) is 0.727. The van der Waals surface area contributed by atoms with Gasteiger partial charge >= 0.3 is 0 Å². The number of hydrogen-bond donors (Lipinski definition) is 1. The van der Waals surface area contributed by atoms with Gasteiger partial charge in [0.05, 0.1) is 5.60 Å².